The molecule has 0 amide bonds. The summed E-state index contributed by atoms with van der Waals surface area (Å²) < 4.78 is 0.573. The van der Waals surface area contributed by atoms with Gasteiger partial charge in [-0.25, -0.2) is 0 Å². The van der Waals surface area contributed by atoms with Crippen molar-refractivity contribution < 1.29 is 4.90 Å². The monoisotopic (exact) mass is 288 g/mol. The lowest BCUT2D eigenvalue weighted by Gasteiger charge is -2.24. The topological polar surface area (TPSA) is 44.0 Å². The summed E-state index contributed by atoms with van der Waals surface area (Å²) in [5.41, 5.74) is 4.13. The van der Waals surface area contributed by atoms with E-state index >= 15 is 0 Å². The van der Waals surface area contributed by atoms with Crippen molar-refractivity contribution in [1.29, 1.82) is 5.26 Å². The molecule has 1 aliphatic heterocycles. The molecular weight excluding hydrogens is 274 g/mol. The lowest BCUT2D eigenvalue weighted by molar-refractivity contribution is -0.895. The number of thiophene rings is 1. The smallest absolute Gasteiger partial charge is 0.122 e. The number of aromatic nitrogens is 1. The van der Waals surface area contributed by atoms with E-state index in [1.165, 1.54) is 16.2 Å². The first kappa shape index (κ1) is 12.5. The number of H-pyrrole nitrogens is 1. The number of likely N-dealkylation sites (N-methyl/N-ethyl adjacent to an activating group) is 1. The zero-order valence-electron chi connectivity index (χ0n) is 10.6. The van der Waals surface area contributed by atoms with E-state index in [1.54, 1.807) is 11.3 Å². The van der Waals surface area contributed by atoms with Crippen LogP contribution in [0.25, 0.3) is 10.4 Å². The molecule has 0 bridgehead atoms. The van der Waals surface area contributed by atoms with Gasteiger partial charge in [-0.1, -0.05) is 18.3 Å². The quantitative estimate of drug-likeness (QED) is 0.787. The third-order valence-corrected chi connectivity index (χ3v) is 4.76. The van der Waals surface area contributed by atoms with Crippen LogP contribution in [0.5, 0.6) is 0 Å². The largest absolute Gasteiger partial charge is 0.348 e. The summed E-state index contributed by atoms with van der Waals surface area (Å²) in [4.78, 5) is 5.87. The van der Waals surface area contributed by atoms with Gasteiger partial charge in [0.05, 0.1) is 19.2 Å². The molecule has 5 heteroatoms. The van der Waals surface area contributed by atoms with E-state index in [4.69, 9.17) is 12.2 Å². The van der Waals surface area contributed by atoms with Gasteiger partial charge < -0.3 is 9.88 Å². The summed E-state index contributed by atoms with van der Waals surface area (Å²) in [7, 11) is 2.19. The van der Waals surface area contributed by atoms with Gasteiger partial charge in [-0.3, -0.25) is 0 Å². The van der Waals surface area contributed by atoms with Crippen LogP contribution in [0.1, 0.15) is 16.8 Å². The van der Waals surface area contributed by atoms with Crippen molar-refractivity contribution in [3.05, 3.63) is 39.0 Å². The number of quaternary nitrogens is 1. The number of nitrogens with zero attached hydrogens (tertiary/aromatic N) is 1. The summed E-state index contributed by atoms with van der Waals surface area (Å²) in [5.74, 6) is 0. The molecule has 2 aromatic heterocycles. The third kappa shape index (κ3) is 2.12. The van der Waals surface area contributed by atoms with Gasteiger partial charge in [0, 0.05) is 28.1 Å². The average Bonchev–Trinajstić information content (AvgIpc) is 2.91. The summed E-state index contributed by atoms with van der Waals surface area (Å²) >= 11 is 7.01. The molecule has 3 nitrogen and oxygen atoms in total. The second-order valence-corrected chi connectivity index (χ2v) is 6.24. The predicted octanol–water partition coefficient (Wildman–Crippen LogP) is 1.92. The summed E-state index contributed by atoms with van der Waals surface area (Å²) in [6.07, 6.45) is 0.995. The number of hydrogen-bond acceptors (Lipinski definition) is 3. The molecule has 3 heterocycles. The van der Waals surface area contributed by atoms with Crippen LogP contribution >= 0.6 is 23.6 Å². The SMILES string of the molecule is C[NH+]1CCc2[nH]c(=S)c(C#N)c(-c3cccs3)c2C1. The highest BCUT2D eigenvalue weighted by Crippen LogP contribution is 2.33. The van der Waals surface area contributed by atoms with E-state index in [2.05, 4.69) is 24.2 Å². The second kappa shape index (κ2) is 4.89. The Morgan fingerprint density at radius 3 is 3.05 bits per heavy atom. The van der Waals surface area contributed by atoms with Crippen molar-refractivity contribution in [2.24, 2.45) is 0 Å². The minimum Gasteiger partial charge on any atom is -0.348 e. The molecule has 0 spiro atoms. The number of aromatic amines is 1. The number of hydrogen-bond donors (Lipinski definition) is 2. The van der Waals surface area contributed by atoms with Crippen LogP contribution in [0, 0.1) is 16.0 Å². The van der Waals surface area contributed by atoms with Crippen molar-refractivity contribution in [2.45, 2.75) is 13.0 Å². The Bertz CT molecular complexity index is 708. The van der Waals surface area contributed by atoms with E-state index in [0.717, 1.165) is 30.0 Å². The molecule has 96 valence electrons. The highest BCUT2D eigenvalue weighted by molar-refractivity contribution is 7.71. The lowest BCUT2D eigenvalue weighted by Crippen LogP contribution is -3.08. The minimum atomic E-state index is 0.573. The molecule has 0 saturated carbocycles. The van der Waals surface area contributed by atoms with E-state index in [9.17, 15) is 5.26 Å². The Labute approximate surface area is 121 Å². The van der Waals surface area contributed by atoms with Gasteiger partial charge in [-0.15, -0.1) is 11.3 Å². The maximum absolute atomic E-state index is 9.43. The first-order valence-electron chi connectivity index (χ1n) is 6.24. The zero-order chi connectivity index (χ0) is 13.4. The maximum Gasteiger partial charge on any atom is 0.122 e. The first-order chi connectivity index (χ1) is 9.20. The number of pyridine rings is 1. The fourth-order valence-electron chi connectivity index (χ4n) is 2.63. The first-order valence-corrected chi connectivity index (χ1v) is 7.53. The van der Waals surface area contributed by atoms with E-state index < -0.39 is 0 Å². The van der Waals surface area contributed by atoms with Gasteiger partial charge in [0.1, 0.15) is 17.3 Å². The number of rotatable bonds is 1. The average molecular weight is 288 g/mol. The third-order valence-electron chi connectivity index (χ3n) is 3.57. The molecule has 0 radical (unpaired) electrons. The van der Waals surface area contributed by atoms with Gasteiger partial charge in [-0.05, 0) is 11.4 Å². The molecular formula is C14H14N3S2+. The summed E-state index contributed by atoms with van der Waals surface area (Å²) in [6, 6.07) is 6.37. The molecule has 1 unspecified atom stereocenters. The molecule has 3 rings (SSSR count). The standard InChI is InChI=1S/C14H13N3S2/c1-17-5-4-11-10(8-17)13(12-3-2-6-19-12)9(7-15)14(18)16-11/h2-3,6H,4-5,8H2,1H3,(H,16,18)/p+1. The van der Waals surface area contributed by atoms with Gasteiger partial charge in [0.15, 0.2) is 0 Å². The van der Waals surface area contributed by atoms with E-state index in [1.807, 2.05) is 11.4 Å². The summed E-state index contributed by atoms with van der Waals surface area (Å²) in [5, 5.41) is 11.5. The number of nitrogens with one attached hydrogen (secondary N) is 2. The highest BCUT2D eigenvalue weighted by Gasteiger charge is 2.24. The van der Waals surface area contributed by atoms with Crippen molar-refractivity contribution in [3.63, 3.8) is 0 Å². The highest BCUT2D eigenvalue weighted by atomic mass is 32.1. The van der Waals surface area contributed by atoms with Gasteiger partial charge in [0.2, 0.25) is 0 Å². The predicted molar refractivity (Wildman–Crippen MR) is 78.8 cm³/mol. The van der Waals surface area contributed by atoms with Crippen LogP contribution in [-0.2, 0) is 13.0 Å². The second-order valence-electron chi connectivity index (χ2n) is 4.88. The van der Waals surface area contributed by atoms with Gasteiger partial charge >= 0.3 is 0 Å². The van der Waals surface area contributed by atoms with Crippen LogP contribution in [0.15, 0.2) is 17.5 Å². The molecule has 1 aliphatic rings. The Kier molecular flexibility index (Phi) is 3.23. The van der Waals surface area contributed by atoms with Crippen LogP contribution in [0.4, 0.5) is 0 Å². The summed E-state index contributed by atoms with van der Waals surface area (Å²) in [6.45, 7) is 2.05. The molecule has 0 saturated heterocycles. The molecule has 0 aliphatic carbocycles. The zero-order valence-corrected chi connectivity index (χ0v) is 12.3. The fraction of sp³-hybridized carbons (Fsp3) is 0.286. The van der Waals surface area contributed by atoms with Crippen LogP contribution in [-0.4, -0.2) is 18.6 Å². The number of fused-ring (bicyclic) bond motifs is 1. The molecule has 0 aromatic carbocycles. The van der Waals surface area contributed by atoms with Crippen LogP contribution < -0.4 is 4.90 Å². The Hall–Kier alpha value is -1.48. The molecule has 2 N–H and O–H groups in total. The molecule has 1 atom stereocenters. The van der Waals surface area contributed by atoms with Crippen molar-refractivity contribution >= 4 is 23.6 Å². The van der Waals surface area contributed by atoms with E-state index in [0.29, 0.717) is 10.2 Å². The van der Waals surface area contributed by atoms with Crippen LogP contribution in [0.2, 0.25) is 0 Å². The lowest BCUT2D eigenvalue weighted by atomic mass is 9.96. The van der Waals surface area contributed by atoms with Crippen LogP contribution in [0.3, 0.4) is 0 Å². The Morgan fingerprint density at radius 2 is 2.37 bits per heavy atom. The van der Waals surface area contributed by atoms with E-state index in [-0.39, 0.29) is 0 Å². The van der Waals surface area contributed by atoms with Gasteiger partial charge in [0.25, 0.3) is 0 Å². The van der Waals surface area contributed by atoms with Crippen molar-refractivity contribution in [1.82, 2.24) is 4.98 Å². The molecule has 0 fully saturated rings. The Balaban J connectivity index is 2.34. The Morgan fingerprint density at radius 1 is 1.53 bits per heavy atom. The molecule has 2 aromatic rings. The molecule has 19 heavy (non-hydrogen) atoms. The van der Waals surface area contributed by atoms with Crippen molar-refractivity contribution in [3.8, 4) is 16.5 Å². The number of nitriles is 1. The fourth-order valence-corrected chi connectivity index (χ4v) is 3.70. The normalized spacial score (nSPS) is 17.8. The maximum atomic E-state index is 9.43. The van der Waals surface area contributed by atoms with Crippen molar-refractivity contribution in [2.75, 3.05) is 13.6 Å². The minimum absolute atomic E-state index is 0.573. The van der Waals surface area contributed by atoms with Gasteiger partial charge in [-0.2, -0.15) is 5.26 Å².